The van der Waals surface area contributed by atoms with Gasteiger partial charge in [-0.2, -0.15) is 4.39 Å². The number of hydrogen-bond acceptors (Lipinski definition) is 3. The average Bonchev–Trinajstić information content (AvgIpc) is 2.43. The third-order valence-electron chi connectivity index (χ3n) is 1.96. The van der Waals surface area contributed by atoms with Crippen molar-refractivity contribution < 1.29 is 9.50 Å². The second-order valence-electron chi connectivity index (χ2n) is 2.74. The van der Waals surface area contributed by atoms with E-state index < -0.39 is 0 Å². The van der Waals surface area contributed by atoms with Crippen LogP contribution in [0.2, 0.25) is 0 Å². The number of thiophene rings is 1. The normalized spacial score (nSPS) is 10.9. The second-order valence-corrected chi connectivity index (χ2v) is 3.71. The first-order valence-electron chi connectivity index (χ1n) is 3.80. The summed E-state index contributed by atoms with van der Waals surface area (Å²) in [5, 5.41) is 9.29. The highest BCUT2D eigenvalue weighted by molar-refractivity contribution is 7.18. The Balaban J connectivity index is 2.84. The van der Waals surface area contributed by atoms with E-state index >= 15 is 0 Å². The average molecular weight is 197 g/mol. The number of aliphatic hydroxyl groups excluding tert-OH is 1. The maximum absolute atomic E-state index is 13.1. The molecule has 0 fully saturated rings. The minimum atomic E-state index is -0.379. The molecule has 0 radical (unpaired) electrons. The highest BCUT2D eigenvalue weighted by Gasteiger charge is 2.10. The van der Waals surface area contributed by atoms with Gasteiger partial charge in [0.05, 0.1) is 12.3 Å². The minimum Gasteiger partial charge on any atom is -0.395 e. The van der Waals surface area contributed by atoms with E-state index in [9.17, 15) is 4.39 Å². The quantitative estimate of drug-likeness (QED) is 0.735. The maximum atomic E-state index is 13.1. The lowest BCUT2D eigenvalue weighted by Crippen LogP contribution is -1.85. The maximum Gasteiger partial charge on any atom is 0.200 e. The van der Waals surface area contributed by atoms with Crippen molar-refractivity contribution in [2.24, 2.45) is 0 Å². The van der Waals surface area contributed by atoms with Gasteiger partial charge in [0.25, 0.3) is 0 Å². The van der Waals surface area contributed by atoms with Crippen molar-refractivity contribution in [1.29, 1.82) is 0 Å². The van der Waals surface area contributed by atoms with Gasteiger partial charge in [-0.1, -0.05) is 18.2 Å². The van der Waals surface area contributed by atoms with Crippen LogP contribution in [0, 0.1) is 5.13 Å². The van der Waals surface area contributed by atoms with Crippen LogP contribution in [0.25, 0.3) is 10.1 Å². The van der Waals surface area contributed by atoms with E-state index in [0.717, 1.165) is 21.6 Å². The number of fused-ring (bicyclic) bond motifs is 1. The molecule has 68 valence electrons. The monoisotopic (exact) mass is 197 g/mol. The highest BCUT2D eigenvalue weighted by Crippen LogP contribution is 2.34. The number of nitrogens with two attached hydrogens (primary N) is 1. The molecule has 1 aromatic heterocycles. The van der Waals surface area contributed by atoms with Gasteiger partial charge in [-0.05, 0) is 5.56 Å². The molecular weight excluding hydrogens is 189 g/mol. The molecule has 1 heterocycles. The van der Waals surface area contributed by atoms with Crippen LogP contribution in [-0.2, 0) is 6.61 Å². The Morgan fingerprint density at radius 1 is 1.46 bits per heavy atom. The lowest BCUT2D eigenvalue weighted by atomic mass is 10.1. The van der Waals surface area contributed by atoms with Crippen LogP contribution in [0.5, 0.6) is 0 Å². The van der Waals surface area contributed by atoms with Crippen molar-refractivity contribution in [1.82, 2.24) is 0 Å². The first-order valence-corrected chi connectivity index (χ1v) is 4.62. The Kier molecular flexibility index (Phi) is 1.94. The molecule has 0 atom stereocenters. The van der Waals surface area contributed by atoms with Crippen LogP contribution in [-0.4, -0.2) is 5.11 Å². The molecule has 0 aliphatic carbocycles. The fourth-order valence-corrected chi connectivity index (χ4v) is 2.24. The zero-order chi connectivity index (χ0) is 9.42. The number of hydrogen-bond donors (Lipinski definition) is 2. The number of benzene rings is 1. The fourth-order valence-electron chi connectivity index (χ4n) is 1.29. The number of anilines is 1. The summed E-state index contributed by atoms with van der Waals surface area (Å²) in [7, 11) is 0. The third kappa shape index (κ3) is 1.18. The molecule has 0 bridgehead atoms. The molecule has 1 aromatic carbocycles. The van der Waals surface area contributed by atoms with Crippen LogP contribution in [0.4, 0.5) is 10.1 Å². The van der Waals surface area contributed by atoms with Gasteiger partial charge in [-0.25, -0.2) is 0 Å². The van der Waals surface area contributed by atoms with Gasteiger partial charge >= 0.3 is 0 Å². The van der Waals surface area contributed by atoms with Gasteiger partial charge in [0.15, 0.2) is 0 Å². The molecule has 13 heavy (non-hydrogen) atoms. The Hall–Kier alpha value is -1.13. The molecule has 2 aromatic rings. The van der Waals surface area contributed by atoms with Gasteiger partial charge in [-0.15, -0.1) is 11.3 Å². The van der Waals surface area contributed by atoms with Crippen molar-refractivity contribution in [3.05, 3.63) is 28.9 Å². The van der Waals surface area contributed by atoms with Gasteiger partial charge in [-0.3, -0.25) is 0 Å². The summed E-state index contributed by atoms with van der Waals surface area (Å²) in [6.07, 6.45) is 0. The number of rotatable bonds is 1. The topological polar surface area (TPSA) is 46.2 Å². The van der Waals surface area contributed by atoms with Gasteiger partial charge in [0.2, 0.25) is 5.13 Å². The second kappa shape index (κ2) is 2.97. The summed E-state index contributed by atoms with van der Waals surface area (Å²) < 4.78 is 13.8. The lowest BCUT2D eigenvalue weighted by molar-refractivity contribution is 0.283. The minimum absolute atomic E-state index is 0.0866. The molecule has 0 aliphatic rings. The molecular formula is C9H8FNOS. The van der Waals surface area contributed by atoms with Crippen molar-refractivity contribution >= 4 is 27.1 Å². The molecule has 2 rings (SSSR count). The third-order valence-corrected chi connectivity index (χ3v) is 3.05. The van der Waals surface area contributed by atoms with E-state index in [2.05, 4.69) is 0 Å². The standard InChI is InChI=1S/C9H8FNOS/c10-9-7(11)6-3-1-2-5(4-12)8(6)13-9/h1-3,12H,4,11H2. The van der Waals surface area contributed by atoms with Crippen molar-refractivity contribution in [2.45, 2.75) is 6.61 Å². The molecule has 0 aliphatic heterocycles. The predicted octanol–water partition coefficient (Wildman–Crippen LogP) is 2.11. The Morgan fingerprint density at radius 3 is 2.92 bits per heavy atom. The molecule has 0 spiro atoms. The van der Waals surface area contributed by atoms with E-state index in [1.807, 2.05) is 0 Å². The first kappa shape index (κ1) is 8.47. The molecule has 2 nitrogen and oxygen atoms in total. The van der Waals surface area contributed by atoms with Crippen molar-refractivity contribution in [3.63, 3.8) is 0 Å². The zero-order valence-corrected chi connectivity index (χ0v) is 7.57. The summed E-state index contributed by atoms with van der Waals surface area (Å²) in [6.45, 7) is -0.0866. The smallest absolute Gasteiger partial charge is 0.200 e. The van der Waals surface area contributed by atoms with E-state index in [0.29, 0.717) is 5.39 Å². The van der Waals surface area contributed by atoms with Crippen molar-refractivity contribution in [2.75, 3.05) is 5.73 Å². The fraction of sp³-hybridized carbons (Fsp3) is 0.111. The van der Waals surface area contributed by atoms with Crippen molar-refractivity contribution in [3.8, 4) is 0 Å². The molecule has 0 saturated heterocycles. The summed E-state index contributed by atoms with van der Waals surface area (Å²) in [6, 6.07) is 5.28. The molecule has 0 amide bonds. The summed E-state index contributed by atoms with van der Waals surface area (Å²) in [5.41, 5.74) is 6.41. The number of aliphatic hydroxyl groups is 1. The first-order chi connectivity index (χ1) is 6.24. The molecule has 0 saturated carbocycles. The summed E-state index contributed by atoms with van der Waals surface area (Å²) in [4.78, 5) is 0. The van der Waals surface area contributed by atoms with Crippen LogP contribution in [0.1, 0.15) is 5.56 Å². The van der Waals surface area contributed by atoms with Crippen LogP contribution in [0.3, 0.4) is 0 Å². The summed E-state index contributed by atoms with van der Waals surface area (Å²) >= 11 is 0.978. The molecule has 3 N–H and O–H groups in total. The number of nitrogen functional groups attached to an aromatic ring is 1. The van der Waals surface area contributed by atoms with Gasteiger partial charge in [0, 0.05) is 10.1 Å². The van der Waals surface area contributed by atoms with E-state index in [4.69, 9.17) is 10.8 Å². The van der Waals surface area contributed by atoms with Gasteiger partial charge < -0.3 is 10.8 Å². The van der Waals surface area contributed by atoms with Gasteiger partial charge in [0.1, 0.15) is 0 Å². The van der Waals surface area contributed by atoms with Crippen LogP contribution < -0.4 is 5.73 Å². The van der Waals surface area contributed by atoms with E-state index in [-0.39, 0.29) is 17.4 Å². The summed E-state index contributed by atoms with van der Waals surface area (Å²) in [5.74, 6) is 0. The van der Waals surface area contributed by atoms with E-state index in [1.54, 1.807) is 18.2 Å². The Bertz CT molecular complexity index is 452. The highest BCUT2D eigenvalue weighted by atomic mass is 32.1. The Morgan fingerprint density at radius 2 is 2.23 bits per heavy atom. The molecule has 0 unspecified atom stereocenters. The predicted molar refractivity (Wildman–Crippen MR) is 52.1 cm³/mol. The lowest BCUT2D eigenvalue weighted by Gasteiger charge is -1.96. The molecule has 4 heteroatoms. The van der Waals surface area contributed by atoms with Crippen LogP contribution >= 0.6 is 11.3 Å². The van der Waals surface area contributed by atoms with Crippen LogP contribution in [0.15, 0.2) is 18.2 Å². The van der Waals surface area contributed by atoms with E-state index in [1.165, 1.54) is 0 Å². The zero-order valence-electron chi connectivity index (χ0n) is 6.75. The SMILES string of the molecule is Nc1c(F)sc2c(CO)cccc12. The Labute approximate surface area is 78.4 Å². The largest absolute Gasteiger partial charge is 0.395 e. The number of halogens is 1.